The highest BCUT2D eigenvalue weighted by molar-refractivity contribution is 14.1. The van der Waals surface area contributed by atoms with Gasteiger partial charge >= 0.3 is 0 Å². The molecule has 0 aliphatic heterocycles. The molecular weight excluding hydrogens is 371 g/mol. The van der Waals surface area contributed by atoms with Crippen LogP contribution in [0.3, 0.4) is 0 Å². The maximum absolute atomic E-state index is 5.84. The van der Waals surface area contributed by atoms with Gasteiger partial charge in [-0.2, -0.15) is 0 Å². The van der Waals surface area contributed by atoms with Crippen LogP contribution in [0.25, 0.3) is 20.8 Å². The first-order valence-electron chi connectivity index (χ1n) is 5.68. The van der Waals surface area contributed by atoms with Gasteiger partial charge in [-0.05, 0) is 52.9 Å². The number of nitrogens with zero attached hydrogens (tertiary/aromatic N) is 1. The van der Waals surface area contributed by atoms with Crippen LogP contribution in [0.1, 0.15) is 0 Å². The molecule has 2 aromatic carbocycles. The number of fused-ring (bicyclic) bond motifs is 1. The summed E-state index contributed by atoms with van der Waals surface area (Å²) in [5.74, 6) is 0.810. The number of para-hydroxylation sites is 1. The van der Waals surface area contributed by atoms with E-state index in [1.54, 1.807) is 18.4 Å². The van der Waals surface area contributed by atoms with Crippen LogP contribution >= 0.6 is 33.9 Å². The van der Waals surface area contributed by atoms with Crippen molar-refractivity contribution >= 4 is 49.8 Å². The molecule has 0 amide bonds. The van der Waals surface area contributed by atoms with Gasteiger partial charge in [0.2, 0.25) is 0 Å². The van der Waals surface area contributed by atoms with E-state index in [1.165, 1.54) is 0 Å². The third kappa shape index (κ3) is 2.28. The van der Waals surface area contributed by atoms with Crippen LogP contribution in [0.5, 0.6) is 5.75 Å². The molecule has 0 bridgehead atoms. The predicted octanol–water partition coefficient (Wildman–Crippen LogP) is 4.16. The maximum atomic E-state index is 5.84. The van der Waals surface area contributed by atoms with Gasteiger partial charge in [-0.1, -0.05) is 6.07 Å². The normalized spacial score (nSPS) is 10.8. The van der Waals surface area contributed by atoms with Crippen molar-refractivity contribution in [1.82, 2.24) is 4.98 Å². The topological polar surface area (TPSA) is 48.1 Å². The Morgan fingerprint density at radius 3 is 2.84 bits per heavy atom. The van der Waals surface area contributed by atoms with Crippen molar-refractivity contribution in [3.63, 3.8) is 0 Å². The zero-order valence-corrected chi connectivity index (χ0v) is 13.2. The van der Waals surface area contributed by atoms with Crippen LogP contribution in [0.2, 0.25) is 0 Å². The summed E-state index contributed by atoms with van der Waals surface area (Å²) in [6.07, 6.45) is 0. The van der Waals surface area contributed by atoms with E-state index in [1.807, 2.05) is 24.3 Å². The second-order valence-electron chi connectivity index (χ2n) is 4.06. The summed E-state index contributed by atoms with van der Waals surface area (Å²) in [5.41, 5.74) is 8.64. The minimum absolute atomic E-state index is 0.794. The molecule has 2 N–H and O–H groups in total. The van der Waals surface area contributed by atoms with Crippen LogP contribution in [0.4, 0.5) is 5.69 Å². The van der Waals surface area contributed by atoms with Gasteiger partial charge in [-0.3, -0.25) is 0 Å². The lowest BCUT2D eigenvalue weighted by Gasteiger charge is -2.00. The summed E-state index contributed by atoms with van der Waals surface area (Å²) in [5, 5.41) is 0.984. The standard InChI is InChI=1S/C14H11IN2OS/c1-18-11-3-2-4-12-13(11)17-14(19-12)8-5-6-10(16)9(15)7-8/h2-7H,16H2,1H3. The summed E-state index contributed by atoms with van der Waals surface area (Å²) < 4.78 is 7.51. The highest BCUT2D eigenvalue weighted by Gasteiger charge is 2.10. The predicted molar refractivity (Wildman–Crippen MR) is 88.7 cm³/mol. The van der Waals surface area contributed by atoms with E-state index in [9.17, 15) is 0 Å². The monoisotopic (exact) mass is 382 g/mol. The van der Waals surface area contributed by atoms with Crippen molar-refractivity contribution in [3.8, 4) is 16.3 Å². The van der Waals surface area contributed by atoms with Crippen LogP contribution in [-0.4, -0.2) is 12.1 Å². The average molecular weight is 382 g/mol. The highest BCUT2D eigenvalue weighted by Crippen LogP contribution is 2.35. The number of thiazole rings is 1. The number of methoxy groups -OCH3 is 1. The maximum Gasteiger partial charge on any atom is 0.145 e. The van der Waals surface area contributed by atoms with E-state index in [0.717, 1.165) is 35.8 Å². The Balaban J connectivity index is 2.17. The van der Waals surface area contributed by atoms with Gasteiger partial charge in [0.1, 0.15) is 16.3 Å². The minimum atomic E-state index is 0.794. The molecule has 0 spiro atoms. The molecule has 19 heavy (non-hydrogen) atoms. The van der Waals surface area contributed by atoms with Crippen molar-refractivity contribution < 1.29 is 4.74 Å². The second kappa shape index (κ2) is 4.97. The summed E-state index contributed by atoms with van der Waals surface area (Å²) in [7, 11) is 1.67. The number of nitrogen functional groups attached to an aromatic ring is 1. The largest absolute Gasteiger partial charge is 0.494 e. The molecule has 3 nitrogen and oxygen atoms in total. The Morgan fingerprint density at radius 2 is 2.11 bits per heavy atom. The number of benzene rings is 2. The lowest BCUT2D eigenvalue weighted by Crippen LogP contribution is -1.89. The smallest absolute Gasteiger partial charge is 0.145 e. The van der Waals surface area contributed by atoms with E-state index < -0.39 is 0 Å². The molecule has 0 aliphatic carbocycles. The number of anilines is 1. The Labute approximate surface area is 128 Å². The van der Waals surface area contributed by atoms with Crippen LogP contribution in [0.15, 0.2) is 36.4 Å². The van der Waals surface area contributed by atoms with Crippen molar-refractivity contribution in [3.05, 3.63) is 40.0 Å². The Hall–Kier alpha value is -1.34. The van der Waals surface area contributed by atoms with Crippen molar-refractivity contribution in [2.24, 2.45) is 0 Å². The lowest BCUT2D eigenvalue weighted by atomic mass is 10.2. The first-order chi connectivity index (χ1) is 9.19. The molecule has 5 heteroatoms. The van der Waals surface area contributed by atoms with Gasteiger partial charge in [0.05, 0.1) is 11.8 Å². The average Bonchev–Trinajstić information content (AvgIpc) is 2.85. The first-order valence-corrected chi connectivity index (χ1v) is 7.57. The number of hydrogen-bond donors (Lipinski definition) is 1. The molecule has 0 aliphatic rings. The quantitative estimate of drug-likeness (QED) is 0.535. The Morgan fingerprint density at radius 1 is 1.26 bits per heavy atom. The molecule has 0 radical (unpaired) electrons. The summed E-state index contributed by atoms with van der Waals surface area (Å²) in [4.78, 5) is 4.67. The molecular formula is C14H11IN2OS. The molecule has 0 saturated carbocycles. The van der Waals surface area contributed by atoms with E-state index >= 15 is 0 Å². The lowest BCUT2D eigenvalue weighted by molar-refractivity contribution is 0.419. The van der Waals surface area contributed by atoms with Crippen LogP contribution in [-0.2, 0) is 0 Å². The summed E-state index contributed by atoms with van der Waals surface area (Å²) in [6, 6.07) is 11.9. The van der Waals surface area contributed by atoms with E-state index in [2.05, 4.69) is 39.7 Å². The van der Waals surface area contributed by atoms with Gasteiger partial charge < -0.3 is 10.5 Å². The molecule has 3 rings (SSSR count). The molecule has 96 valence electrons. The zero-order chi connectivity index (χ0) is 13.4. The number of hydrogen-bond acceptors (Lipinski definition) is 4. The van der Waals surface area contributed by atoms with E-state index in [-0.39, 0.29) is 0 Å². The Bertz CT molecular complexity index is 754. The number of ether oxygens (including phenoxy) is 1. The first kappa shape index (κ1) is 12.7. The van der Waals surface area contributed by atoms with E-state index in [0.29, 0.717) is 0 Å². The molecule has 0 unspecified atom stereocenters. The fourth-order valence-corrected chi connectivity index (χ4v) is 3.37. The molecule has 0 saturated heterocycles. The van der Waals surface area contributed by atoms with Gasteiger partial charge in [0.15, 0.2) is 0 Å². The number of rotatable bonds is 2. The van der Waals surface area contributed by atoms with Crippen molar-refractivity contribution in [2.45, 2.75) is 0 Å². The second-order valence-corrected chi connectivity index (χ2v) is 6.26. The fourth-order valence-electron chi connectivity index (χ4n) is 1.87. The zero-order valence-electron chi connectivity index (χ0n) is 10.2. The molecule has 0 fully saturated rings. The van der Waals surface area contributed by atoms with Gasteiger partial charge in [-0.15, -0.1) is 11.3 Å². The molecule has 0 atom stereocenters. The third-order valence-corrected chi connectivity index (χ3v) is 4.85. The highest BCUT2D eigenvalue weighted by atomic mass is 127. The minimum Gasteiger partial charge on any atom is -0.494 e. The number of halogens is 1. The van der Waals surface area contributed by atoms with Gasteiger partial charge in [0, 0.05) is 14.8 Å². The number of nitrogens with two attached hydrogens (primary N) is 1. The van der Waals surface area contributed by atoms with Crippen molar-refractivity contribution in [2.75, 3.05) is 12.8 Å². The van der Waals surface area contributed by atoms with Crippen LogP contribution in [0, 0.1) is 3.57 Å². The number of aromatic nitrogens is 1. The SMILES string of the molecule is COc1cccc2sc(-c3ccc(N)c(I)c3)nc12. The summed E-state index contributed by atoms with van der Waals surface area (Å²) in [6.45, 7) is 0. The fraction of sp³-hybridized carbons (Fsp3) is 0.0714. The van der Waals surface area contributed by atoms with Crippen LogP contribution < -0.4 is 10.5 Å². The Kier molecular flexibility index (Phi) is 3.32. The summed E-state index contributed by atoms with van der Waals surface area (Å²) >= 11 is 3.90. The van der Waals surface area contributed by atoms with Gasteiger partial charge in [0.25, 0.3) is 0 Å². The molecule has 1 aromatic heterocycles. The molecule has 1 heterocycles. The van der Waals surface area contributed by atoms with E-state index in [4.69, 9.17) is 10.5 Å². The van der Waals surface area contributed by atoms with Gasteiger partial charge in [-0.25, -0.2) is 4.98 Å². The third-order valence-electron chi connectivity index (χ3n) is 2.85. The molecule has 3 aromatic rings. The van der Waals surface area contributed by atoms with Crippen molar-refractivity contribution in [1.29, 1.82) is 0 Å².